The van der Waals surface area contributed by atoms with Gasteiger partial charge in [0.15, 0.2) is 11.4 Å². The van der Waals surface area contributed by atoms with Gasteiger partial charge in [-0.1, -0.05) is 0 Å². The van der Waals surface area contributed by atoms with Gasteiger partial charge in [-0.15, -0.1) is 0 Å². The predicted molar refractivity (Wildman–Crippen MR) is 36.4 cm³/mol. The number of hydrogen-bond acceptors (Lipinski definition) is 3. The zero-order valence-electron chi connectivity index (χ0n) is 5.74. The van der Waals surface area contributed by atoms with Crippen LogP contribution in [0.5, 0.6) is 5.75 Å². The molecule has 0 atom stereocenters. The van der Waals surface area contributed by atoms with Crippen molar-refractivity contribution in [2.24, 2.45) is 0 Å². The molecule has 1 aromatic heterocycles. The first-order chi connectivity index (χ1) is 5.54. The Balaban J connectivity index is 3.22. The molecular weight excluding hydrogens is 166 g/mol. The molecule has 0 saturated heterocycles. The minimum absolute atomic E-state index is 0.451. The van der Waals surface area contributed by atoms with Crippen molar-refractivity contribution in [1.82, 2.24) is 4.98 Å². The van der Waals surface area contributed by atoms with E-state index in [1.807, 2.05) is 0 Å². The number of aromatic amines is 1. The average Bonchev–Trinajstić information content (AvgIpc) is 2.30. The average molecular weight is 171 g/mol. The molecule has 0 aliphatic rings. The molecule has 6 nitrogen and oxygen atoms in total. The van der Waals surface area contributed by atoms with Crippen LogP contribution in [-0.2, 0) is 0 Å². The number of aromatic nitrogens is 1. The molecule has 6 heteroatoms. The molecule has 0 bridgehead atoms. The topological polar surface area (TPSA) is 111 Å². The first-order valence-corrected chi connectivity index (χ1v) is 2.91. The predicted octanol–water partition coefficient (Wildman–Crippen LogP) is 0.117. The van der Waals surface area contributed by atoms with Crippen LogP contribution in [0.15, 0.2) is 6.20 Å². The van der Waals surface area contributed by atoms with Gasteiger partial charge in [-0.25, -0.2) is 9.59 Å². The van der Waals surface area contributed by atoms with Crippen LogP contribution in [-0.4, -0.2) is 32.2 Å². The number of rotatable bonds is 2. The molecule has 0 unspecified atom stereocenters. The van der Waals surface area contributed by atoms with E-state index in [4.69, 9.17) is 15.3 Å². The Hall–Kier alpha value is -1.98. The van der Waals surface area contributed by atoms with Crippen LogP contribution >= 0.6 is 0 Å². The molecule has 0 radical (unpaired) electrons. The summed E-state index contributed by atoms with van der Waals surface area (Å²) in [6, 6.07) is 0. The molecule has 0 spiro atoms. The van der Waals surface area contributed by atoms with Crippen LogP contribution in [0.2, 0.25) is 0 Å². The Morgan fingerprint density at radius 3 is 2.08 bits per heavy atom. The Labute approximate surface area is 66.1 Å². The van der Waals surface area contributed by atoms with Gasteiger partial charge in [0.2, 0.25) is 0 Å². The molecule has 4 N–H and O–H groups in total. The number of carboxylic acids is 2. The molecule has 1 rings (SSSR count). The Bertz CT molecular complexity index is 308. The van der Waals surface area contributed by atoms with Crippen LogP contribution in [0.25, 0.3) is 0 Å². The van der Waals surface area contributed by atoms with Crippen molar-refractivity contribution >= 4 is 11.9 Å². The summed E-state index contributed by atoms with van der Waals surface area (Å²) in [5, 5.41) is 25.7. The van der Waals surface area contributed by atoms with Crippen molar-refractivity contribution in [3.8, 4) is 5.75 Å². The summed E-state index contributed by atoms with van der Waals surface area (Å²) in [5.41, 5.74) is -0.972. The maximum atomic E-state index is 10.3. The van der Waals surface area contributed by atoms with Gasteiger partial charge in [0.1, 0.15) is 5.56 Å². The number of carbonyl (C=O) groups is 2. The van der Waals surface area contributed by atoms with Gasteiger partial charge in [-0.3, -0.25) is 0 Å². The van der Waals surface area contributed by atoms with Crippen molar-refractivity contribution in [2.45, 2.75) is 0 Å². The second-order valence-electron chi connectivity index (χ2n) is 2.04. The van der Waals surface area contributed by atoms with Crippen LogP contribution in [0.3, 0.4) is 0 Å². The summed E-state index contributed by atoms with van der Waals surface area (Å²) in [6.07, 6.45) is 0.918. The first-order valence-electron chi connectivity index (χ1n) is 2.91. The molecule has 0 saturated carbocycles. The number of nitrogens with one attached hydrogen (secondary N) is 1. The summed E-state index contributed by atoms with van der Waals surface area (Å²) < 4.78 is 0. The fourth-order valence-corrected chi connectivity index (χ4v) is 0.742. The monoisotopic (exact) mass is 171 g/mol. The lowest BCUT2D eigenvalue weighted by atomic mass is 10.3. The summed E-state index contributed by atoms with van der Waals surface area (Å²) in [5.74, 6) is -3.54. The number of hydrogen-bond donors (Lipinski definition) is 4. The third-order valence-electron chi connectivity index (χ3n) is 1.30. The van der Waals surface area contributed by atoms with Crippen molar-refractivity contribution < 1.29 is 24.9 Å². The Morgan fingerprint density at radius 2 is 1.83 bits per heavy atom. The molecule has 1 heterocycles. The zero-order chi connectivity index (χ0) is 9.30. The molecule has 1 aromatic rings. The van der Waals surface area contributed by atoms with Gasteiger partial charge in [0, 0.05) is 6.20 Å². The molecular formula is C6H5NO5. The fourth-order valence-electron chi connectivity index (χ4n) is 0.742. The molecule has 0 fully saturated rings. The van der Waals surface area contributed by atoms with Gasteiger partial charge < -0.3 is 20.3 Å². The highest BCUT2D eigenvalue weighted by Gasteiger charge is 2.19. The van der Waals surface area contributed by atoms with Crippen LogP contribution in [0.1, 0.15) is 20.8 Å². The number of H-pyrrole nitrogens is 1. The van der Waals surface area contributed by atoms with E-state index in [1.165, 1.54) is 0 Å². The highest BCUT2D eigenvalue weighted by Crippen LogP contribution is 2.21. The summed E-state index contributed by atoms with van der Waals surface area (Å²) in [6.45, 7) is 0. The number of aromatic hydroxyl groups is 1. The van der Waals surface area contributed by atoms with E-state index in [9.17, 15) is 9.59 Å². The summed E-state index contributed by atoms with van der Waals surface area (Å²) in [7, 11) is 0. The SMILES string of the molecule is O=C(O)c1c[nH]c(C(=O)O)c1O. The Morgan fingerprint density at radius 1 is 1.25 bits per heavy atom. The van der Waals surface area contributed by atoms with E-state index in [1.54, 1.807) is 0 Å². The van der Waals surface area contributed by atoms with E-state index in [0.29, 0.717) is 0 Å². The fraction of sp³-hybridized carbons (Fsp3) is 0. The number of carboxylic acid groups (broad SMARTS) is 2. The van der Waals surface area contributed by atoms with E-state index in [0.717, 1.165) is 6.20 Å². The highest BCUT2D eigenvalue weighted by atomic mass is 16.4. The van der Waals surface area contributed by atoms with Gasteiger partial charge >= 0.3 is 11.9 Å². The molecule has 0 aromatic carbocycles. The van der Waals surface area contributed by atoms with E-state index in [2.05, 4.69) is 4.98 Å². The largest absolute Gasteiger partial charge is 0.505 e. The van der Waals surface area contributed by atoms with Gasteiger partial charge in [-0.05, 0) is 0 Å². The molecule has 12 heavy (non-hydrogen) atoms. The van der Waals surface area contributed by atoms with Gasteiger partial charge in [-0.2, -0.15) is 0 Å². The molecule has 0 aliphatic carbocycles. The lowest BCUT2D eigenvalue weighted by molar-refractivity contribution is 0.0687. The van der Waals surface area contributed by atoms with Crippen LogP contribution in [0, 0.1) is 0 Å². The first kappa shape index (κ1) is 8.12. The Kier molecular flexibility index (Phi) is 1.74. The number of aromatic carboxylic acids is 2. The van der Waals surface area contributed by atoms with E-state index in [-0.39, 0.29) is 0 Å². The van der Waals surface area contributed by atoms with E-state index >= 15 is 0 Å². The van der Waals surface area contributed by atoms with Crippen LogP contribution in [0.4, 0.5) is 0 Å². The maximum Gasteiger partial charge on any atom is 0.356 e. The quantitative estimate of drug-likeness (QED) is 0.505. The van der Waals surface area contributed by atoms with Crippen molar-refractivity contribution in [1.29, 1.82) is 0 Å². The minimum Gasteiger partial charge on any atom is -0.505 e. The summed E-state index contributed by atoms with van der Waals surface area (Å²) in [4.78, 5) is 22.7. The lowest BCUT2D eigenvalue weighted by Crippen LogP contribution is -1.97. The van der Waals surface area contributed by atoms with E-state index < -0.39 is 28.9 Å². The third-order valence-corrected chi connectivity index (χ3v) is 1.30. The second-order valence-corrected chi connectivity index (χ2v) is 2.04. The smallest absolute Gasteiger partial charge is 0.356 e. The van der Waals surface area contributed by atoms with Gasteiger partial charge in [0.05, 0.1) is 0 Å². The molecule has 0 amide bonds. The minimum atomic E-state index is -1.40. The second kappa shape index (κ2) is 2.57. The van der Waals surface area contributed by atoms with Crippen molar-refractivity contribution in [3.05, 3.63) is 17.5 Å². The highest BCUT2D eigenvalue weighted by molar-refractivity contribution is 5.97. The van der Waals surface area contributed by atoms with Crippen LogP contribution < -0.4 is 0 Å². The summed E-state index contributed by atoms with van der Waals surface area (Å²) >= 11 is 0. The van der Waals surface area contributed by atoms with Crippen molar-refractivity contribution in [3.63, 3.8) is 0 Å². The molecule has 64 valence electrons. The molecule has 0 aliphatic heterocycles. The normalized spacial score (nSPS) is 9.67. The zero-order valence-corrected chi connectivity index (χ0v) is 5.74. The van der Waals surface area contributed by atoms with Gasteiger partial charge in [0.25, 0.3) is 0 Å². The standard InChI is InChI=1S/C6H5NO5/c8-4-2(5(9)10)1-7-3(4)6(11)12/h1,7-8H,(H,9,10)(H,11,12). The lowest BCUT2D eigenvalue weighted by Gasteiger charge is -1.90. The van der Waals surface area contributed by atoms with Crippen molar-refractivity contribution in [2.75, 3.05) is 0 Å². The maximum absolute atomic E-state index is 10.3. The third kappa shape index (κ3) is 1.09.